The van der Waals surface area contributed by atoms with Gasteiger partial charge in [0.1, 0.15) is 5.75 Å². The van der Waals surface area contributed by atoms with E-state index in [0.29, 0.717) is 28.3 Å². The Morgan fingerprint density at radius 2 is 1.86 bits per heavy atom. The molecule has 3 rings (SSSR count). The molecule has 1 aliphatic heterocycles. The third kappa shape index (κ3) is 4.54. The van der Waals surface area contributed by atoms with Crippen LogP contribution in [0.1, 0.15) is 32.7 Å². The summed E-state index contributed by atoms with van der Waals surface area (Å²) in [4.78, 5) is 37.6. The van der Waals surface area contributed by atoms with Crippen LogP contribution in [0.15, 0.2) is 40.9 Å². The van der Waals surface area contributed by atoms with Crippen LogP contribution >= 0.6 is 27.5 Å². The van der Waals surface area contributed by atoms with Crippen molar-refractivity contribution in [1.82, 2.24) is 4.90 Å². The number of carbonyl (C=O) groups is 3. The highest BCUT2D eigenvalue weighted by atomic mass is 79.9. The van der Waals surface area contributed by atoms with Crippen molar-refractivity contribution in [1.29, 1.82) is 0 Å². The van der Waals surface area contributed by atoms with Crippen LogP contribution in [0.25, 0.3) is 0 Å². The van der Waals surface area contributed by atoms with Gasteiger partial charge in [-0.1, -0.05) is 27.5 Å². The molecule has 1 heterocycles. The lowest BCUT2D eigenvalue weighted by Gasteiger charge is -2.13. The van der Waals surface area contributed by atoms with Gasteiger partial charge in [0.15, 0.2) is 6.61 Å². The monoisotopic (exact) mass is 465 g/mol. The van der Waals surface area contributed by atoms with E-state index in [1.165, 1.54) is 0 Å². The highest BCUT2D eigenvalue weighted by Gasteiger charge is 2.35. The molecule has 0 fully saturated rings. The molecule has 6 nitrogen and oxygen atoms in total. The van der Waals surface area contributed by atoms with Gasteiger partial charge in [-0.3, -0.25) is 14.5 Å². The Labute approximate surface area is 175 Å². The van der Waals surface area contributed by atoms with E-state index in [-0.39, 0.29) is 31.6 Å². The first-order valence-electron chi connectivity index (χ1n) is 8.57. The number of aryl methyl sites for hydroxylation is 1. The molecule has 0 spiro atoms. The molecule has 0 aliphatic carbocycles. The van der Waals surface area contributed by atoms with E-state index in [9.17, 15) is 14.4 Å². The second-order valence-electron chi connectivity index (χ2n) is 6.23. The number of fused-ring (bicyclic) bond motifs is 1. The van der Waals surface area contributed by atoms with Gasteiger partial charge in [-0.2, -0.15) is 0 Å². The average molecular weight is 467 g/mol. The Morgan fingerprint density at radius 3 is 2.61 bits per heavy atom. The number of rotatable bonds is 7. The summed E-state index contributed by atoms with van der Waals surface area (Å²) in [6, 6.07) is 10.1. The summed E-state index contributed by atoms with van der Waals surface area (Å²) in [6.07, 6.45) is 0.346. The van der Waals surface area contributed by atoms with Crippen LogP contribution in [0.5, 0.6) is 5.75 Å². The smallest absolute Gasteiger partial charge is 0.344 e. The normalized spacial score (nSPS) is 12.9. The Hall–Kier alpha value is -2.38. The lowest BCUT2D eigenvalue weighted by atomic mass is 10.1. The van der Waals surface area contributed by atoms with Crippen LogP contribution in [0, 0.1) is 6.92 Å². The molecule has 28 heavy (non-hydrogen) atoms. The number of ether oxygens (including phenoxy) is 2. The van der Waals surface area contributed by atoms with Gasteiger partial charge in [-0.25, -0.2) is 4.79 Å². The number of hydrogen-bond acceptors (Lipinski definition) is 5. The summed E-state index contributed by atoms with van der Waals surface area (Å²) in [6.45, 7) is 1.86. The van der Waals surface area contributed by atoms with E-state index < -0.39 is 5.97 Å². The molecule has 0 radical (unpaired) electrons. The maximum atomic E-state index is 12.3. The summed E-state index contributed by atoms with van der Waals surface area (Å²) in [5.74, 6) is -0.677. The predicted octanol–water partition coefficient (Wildman–Crippen LogP) is 4.02. The fourth-order valence-corrected chi connectivity index (χ4v) is 3.24. The van der Waals surface area contributed by atoms with Crippen LogP contribution < -0.4 is 4.74 Å². The van der Waals surface area contributed by atoms with Gasteiger partial charge >= 0.3 is 5.97 Å². The van der Waals surface area contributed by atoms with Gasteiger partial charge in [0.05, 0.1) is 17.7 Å². The maximum absolute atomic E-state index is 12.3. The van der Waals surface area contributed by atoms with E-state index in [1.54, 1.807) is 36.4 Å². The highest BCUT2D eigenvalue weighted by Crippen LogP contribution is 2.26. The molecule has 0 N–H and O–H groups in total. The van der Waals surface area contributed by atoms with E-state index in [4.69, 9.17) is 21.1 Å². The average Bonchev–Trinajstić information content (AvgIpc) is 2.90. The Bertz CT molecular complexity index is 946. The Morgan fingerprint density at radius 1 is 1.11 bits per heavy atom. The quantitative estimate of drug-likeness (QED) is 0.350. The van der Waals surface area contributed by atoms with Crippen molar-refractivity contribution in [3.8, 4) is 5.75 Å². The second kappa shape index (κ2) is 8.75. The van der Waals surface area contributed by atoms with Crippen molar-refractivity contribution in [2.45, 2.75) is 13.3 Å². The highest BCUT2D eigenvalue weighted by molar-refractivity contribution is 9.10. The molecule has 8 heteroatoms. The third-order valence-corrected chi connectivity index (χ3v) is 5.13. The standard InChI is InChI=1S/C20H17BrClNO5/c1-12-9-14(4-6-17(12)22)28-11-18(24)27-8-2-7-23-19(25)15-5-3-13(21)10-16(15)20(23)26/h3-6,9-10H,2,7-8,11H2,1H3. The third-order valence-electron chi connectivity index (χ3n) is 4.21. The molecule has 2 aromatic carbocycles. The van der Waals surface area contributed by atoms with Crippen molar-refractivity contribution >= 4 is 45.3 Å². The first kappa shape index (κ1) is 20.4. The van der Waals surface area contributed by atoms with Crippen molar-refractivity contribution < 1.29 is 23.9 Å². The number of carbonyl (C=O) groups excluding carboxylic acids is 3. The van der Waals surface area contributed by atoms with Gasteiger partial charge < -0.3 is 9.47 Å². The summed E-state index contributed by atoms with van der Waals surface area (Å²) in [5, 5.41) is 0.621. The van der Waals surface area contributed by atoms with Gasteiger partial charge in [0.2, 0.25) is 0 Å². The van der Waals surface area contributed by atoms with Crippen LogP contribution in [-0.2, 0) is 9.53 Å². The van der Waals surface area contributed by atoms with Gasteiger partial charge in [-0.15, -0.1) is 0 Å². The van der Waals surface area contributed by atoms with Gasteiger partial charge in [0, 0.05) is 16.0 Å². The molecule has 0 saturated heterocycles. The molecule has 0 bridgehead atoms. The fraction of sp³-hybridized carbons (Fsp3) is 0.250. The number of benzene rings is 2. The van der Waals surface area contributed by atoms with E-state index in [0.717, 1.165) is 14.9 Å². The topological polar surface area (TPSA) is 72.9 Å². The molecule has 146 valence electrons. The molecule has 0 aromatic heterocycles. The Kier molecular flexibility index (Phi) is 6.36. The van der Waals surface area contributed by atoms with Crippen LogP contribution in [0.4, 0.5) is 0 Å². The van der Waals surface area contributed by atoms with Crippen LogP contribution in [0.3, 0.4) is 0 Å². The Balaban J connectivity index is 1.42. The largest absolute Gasteiger partial charge is 0.482 e. The van der Waals surface area contributed by atoms with Crippen molar-refractivity contribution in [2.75, 3.05) is 19.8 Å². The van der Waals surface area contributed by atoms with Crippen molar-refractivity contribution in [3.63, 3.8) is 0 Å². The molecule has 0 unspecified atom stereocenters. The number of amides is 2. The summed E-state index contributed by atoms with van der Waals surface area (Å²) < 4.78 is 11.2. The maximum Gasteiger partial charge on any atom is 0.344 e. The SMILES string of the molecule is Cc1cc(OCC(=O)OCCCN2C(=O)c3ccc(Br)cc3C2=O)ccc1Cl. The minimum absolute atomic E-state index is 0.0823. The fourth-order valence-electron chi connectivity index (χ4n) is 2.77. The number of halogens is 2. The van der Waals surface area contributed by atoms with Crippen molar-refractivity contribution in [2.24, 2.45) is 0 Å². The number of esters is 1. The molecular formula is C20H17BrClNO5. The van der Waals surface area contributed by atoms with Crippen LogP contribution in [0.2, 0.25) is 5.02 Å². The van der Waals surface area contributed by atoms with E-state index >= 15 is 0 Å². The van der Waals surface area contributed by atoms with E-state index in [2.05, 4.69) is 15.9 Å². The number of imide groups is 1. The molecule has 2 aromatic rings. The number of nitrogens with zero attached hydrogens (tertiary/aromatic N) is 1. The zero-order chi connectivity index (χ0) is 20.3. The van der Waals surface area contributed by atoms with Crippen molar-refractivity contribution in [3.05, 3.63) is 62.6 Å². The molecular weight excluding hydrogens is 450 g/mol. The van der Waals surface area contributed by atoms with Gasteiger partial charge in [-0.05, 0) is 55.3 Å². The zero-order valence-corrected chi connectivity index (χ0v) is 17.4. The lowest BCUT2D eigenvalue weighted by molar-refractivity contribution is -0.146. The van der Waals surface area contributed by atoms with Gasteiger partial charge in [0.25, 0.3) is 11.8 Å². The van der Waals surface area contributed by atoms with E-state index in [1.807, 2.05) is 6.92 Å². The minimum Gasteiger partial charge on any atom is -0.482 e. The summed E-state index contributed by atoms with van der Waals surface area (Å²) in [7, 11) is 0. The molecule has 0 saturated carbocycles. The lowest BCUT2D eigenvalue weighted by Crippen LogP contribution is -2.31. The first-order valence-corrected chi connectivity index (χ1v) is 9.74. The zero-order valence-electron chi connectivity index (χ0n) is 15.0. The van der Waals surface area contributed by atoms with Crippen LogP contribution in [-0.4, -0.2) is 42.4 Å². The first-order chi connectivity index (χ1) is 13.4. The minimum atomic E-state index is -0.529. The number of hydrogen-bond donors (Lipinski definition) is 0. The molecule has 0 atom stereocenters. The summed E-state index contributed by atoms with van der Waals surface area (Å²) >= 11 is 9.23. The molecule has 1 aliphatic rings. The summed E-state index contributed by atoms with van der Waals surface area (Å²) in [5.41, 5.74) is 1.61. The molecule has 2 amide bonds. The predicted molar refractivity (Wildman–Crippen MR) is 107 cm³/mol. The second-order valence-corrected chi connectivity index (χ2v) is 7.55.